The standard InChI is InChI=1S/4CH4.6Cu.HNO/c;;;;;;;;;;1-2/h4*1H4;;;;;;;1H/q;;;;3*+1;3*+2;. The van der Waals surface area contributed by atoms with E-state index in [1.54, 1.807) is 0 Å². The van der Waals surface area contributed by atoms with Gasteiger partial charge in [0.05, 0.1) is 0 Å². The van der Waals surface area contributed by atoms with Gasteiger partial charge in [-0.3, -0.25) is 0 Å². The molecule has 0 aromatic carbocycles. The molecule has 0 saturated carbocycles. The molecule has 0 spiro atoms. The monoisotopic (exact) mass is 473 g/mol. The van der Waals surface area contributed by atoms with Crippen molar-refractivity contribution in [3.8, 4) is 0 Å². The Labute approximate surface area is 141 Å². The summed E-state index contributed by atoms with van der Waals surface area (Å²) in [7, 11) is 0. The molecule has 2 nitrogen and oxygen atoms in total. The van der Waals surface area contributed by atoms with Crippen molar-refractivity contribution >= 4 is 0 Å². The Bertz CT molecular complexity index is 19.5. The van der Waals surface area contributed by atoms with Gasteiger partial charge in [-0.1, -0.05) is 35.3 Å². The second-order valence-electron chi connectivity index (χ2n) is 0. The molecule has 0 aliphatic heterocycles. The van der Waals surface area contributed by atoms with Crippen LogP contribution in [0.25, 0.3) is 0 Å². The molecule has 3 radical (unpaired) electrons. The smallest absolute Gasteiger partial charge is 0.154 e. The minimum absolute atomic E-state index is 0. The SMILES string of the molecule is C.C.C.C.N=O.[Cu+2].[Cu+2].[Cu+2].[Cu+].[Cu+].[Cu+]. The fourth-order valence-corrected chi connectivity index (χ4v) is 0. The average Bonchev–Trinajstić information content (AvgIpc) is 1.00. The molecule has 101 valence electrons. The van der Waals surface area contributed by atoms with Crippen molar-refractivity contribution in [1.82, 2.24) is 0 Å². The van der Waals surface area contributed by atoms with Crippen LogP contribution in [0.2, 0.25) is 0 Å². The van der Waals surface area contributed by atoms with Crippen LogP contribution in [0, 0.1) is 10.5 Å². The Kier molecular flexibility index (Phi) is 5020. The molecule has 0 aromatic heterocycles. The van der Waals surface area contributed by atoms with E-state index < -0.39 is 0 Å². The zero-order valence-corrected chi connectivity index (χ0v) is 8.37. The third kappa shape index (κ3) is 237. The molecule has 0 aromatic rings. The van der Waals surface area contributed by atoms with E-state index >= 15 is 0 Å². The second kappa shape index (κ2) is 301. The van der Waals surface area contributed by atoms with E-state index in [2.05, 4.69) is 5.59 Å². The van der Waals surface area contributed by atoms with Crippen molar-refractivity contribution in [2.75, 3.05) is 0 Å². The fraction of sp³-hybridized carbons (Fsp3) is 1.00. The van der Waals surface area contributed by atoms with Crippen molar-refractivity contribution in [1.29, 1.82) is 5.59 Å². The van der Waals surface area contributed by atoms with Crippen LogP contribution in [0.4, 0.5) is 0 Å². The molecule has 0 heterocycles. The number of rotatable bonds is 0. The van der Waals surface area contributed by atoms with Crippen molar-refractivity contribution in [2.45, 2.75) is 29.7 Å². The van der Waals surface area contributed by atoms with E-state index in [0.29, 0.717) is 0 Å². The predicted octanol–water partition coefficient (Wildman–Crippen LogP) is 2.86. The van der Waals surface area contributed by atoms with Crippen LogP contribution in [-0.2, 0) is 102 Å². The van der Waals surface area contributed by atoms with Gasteiger partial charge in [0.25, 0.3) is 0 Å². The summed E-state index contributed by atoms with van der Waals surface area (Å²) in [5, 5.41) is 0. The molecule has 12 heavy (non-hydrogen) atoms. The van der Waals surface area contributed by atoms with Gasteiger partial charge in [-0.15, -0.1) is 0 Å². The third-order valence-corrected chi connectivity index (χ3v) is 0. The van der Waals surface area contributed by atoms with Gasteiger partial charge in [0.1, 0.15) is 0 Å². The van der Waals surface area contributed by atoms with Gasteiger partial charge in [-0.2, -0.15) is 4.91 Å². The summed E-state index contributed by atoms with van der Waals surface area (Å²) in [6.07, 6.45) is 0. The molecule has 0 aliphatic rings. The molecule has 0 aliphatic carbocycles. The largest absolute Gasteiger partial charge is 2.00 e. The Hall–Kier alpha value is 2.72. The molecule has 8 heteroatoms. The van der Waals surface area contributed by atoms with Gasteiger partial charge >= 0.3 is 102 Å². The summed E-state index contributed by atoms with van der Waals surface area (Å²) < 4.78 is 0. The molecular weight excluding hydrogens is 459 g/mol. The van der Waals surface area contributed by atoms with Gasteiger partial charge in [0.15, 0.2) is 0 Å². The van der Waals surface area contributed by atoms with Gasteiger partial charge < -0.3 is 0 Å². The zero-order chi connectivity index (χ0) is 2.00. The predicted molar refractivity (Wildman–Crippen MR) is 33.0 cm³/mol. The van der Waals surface area contributed by atoms with E-state index in [0.717, 1.165) is 0 Å². The first-order valence-electron chi connectivity index (χ1n) is 0.204. The van der Waals surface area contributed by atoms with Crippen LogP contribution < -0.4 is 0 Å². The van der Waals surface area contributed by atoms with Crippen molar-refractivity contribution in [3.05, 3.63) is 4.91 Å². The maximum absolute atomic E-state index is 7.50. The second-order valence-corrected chi connectivity index (χ2v) is 0. The van der Waals surface area contributed by atoms with Crippen LogP contribution in [0.15, 0.2) is 0 Å². The van der Waals surface area contributed by atoms with Gasteiger partial charge in [0, 0.05) is 0 Å². The molecule has 0 bridgehead atoms. The molecule has 0 unspecified atom stereocenters. The van der Waals surface area contributed by atoms with E-state index in [1.807, 2.05) is 0 Å². The zero-order valence-electron chi connectivity index (χ0n) is 2.72. The number of hydrogen-bond donors (Lipinski definition) is 1. The van der Waals surface area contributed by atoms with Crippen molar-refractivity contribution < 1.29 is 102 Å². The number of nitroso groups, excluding NO2 is 1. The molecule has 0 atom stereocenters. The Balaban J connectivity index is -0.000000000111. The molecule has 0 saturated heterocycles. The summed E-state index contributed by atoms with van der Waals surface area (Å²) in [5.74, 6) is 0. The number of nitrogens with one attached hydrogen (secondary N) is 1. The van der Waals surface area contributed by atoms with Crippen LogP contribution in [0.5, 0.6) is 0 Å². The summed E-state index contributed by atoms with van der Waals surface area (Å²) in [6.45, 7) is 0. The van der Waals surface area contributed by atoms with E-state index in [4.69, 9.17) is 4.91 Å². The molecular formula is C4H17Cu6NO+9. The molecule has 0 rings (SSSR count). The van der Waals surface area contributed by atoms with Crippen LogP contribution in [0.1, 0.15) is 29.7 Å². The topological polar surface area (TPSA) is 40.9 Å². The first-order chi connectivity index (χ1) is 1.00. The Morgan fingerprint density at radius 1 is 0.500 bits per heavy atom. The maximum Gasteiger partial charge on any atom is 2.00 e. The summed E-state index contributed by atoms with van der Waals surface area (Å²) in [5.41, 5.74) is 4.50. The Morgan fingerprint density at radius 2 is 0.500 bits per heavy atom. The molecule has 0 fully saturated rings. The van der Waals surface area contributed by atoms with Gasteiger partial charge in [-0.25, -0.2) is 0 Å². The normalized spacial score (nSPS) is 0.333. The first kappa shape index (κ1) is 200. The summed E-state index contributed by atoms with van der Waals surface area (Å²) >= 11 is 0. The van der Waals surface area contributed by atoms with Crippen LogP contribution >= 0.6 is 0 Å². The van der Waals surface area contributed by atoms with Crippen LogP contribution in [0.3, 0.4) is 0 Å². The van der Waals surface area contributed by atoms with Crippen LogP contribution in [-0.4, -0.2) is 0 Å². The Morgan fingerprint density at radius 3 is 0.500 bits per heavy atom. The van der Waals surface area contributed by atoms with Gasteiger partial charge in [-0.05, 0) is 0 Å². The van der Waals surface area contributed by atoms with E-state index in [9.17, 15) is 0 Å². The van der Waals surface area contributed by atoms with Crippen molar-refractivity contribution in [2.24, 2.45) is 0 Å². The quantitative estimate of drug-likeness (QED) is 0.424. The first-order valence-corrected chi connectivity index (χ1v) is 0.204. The molecule has 0 amide bonds. The summed E-state index contributed by atoms with van der Waals surface area (Å²) in [4.78, 5) is 7.50. The molecule has 1 N–H and O–H groups in total. The third-order valence-electron chi connectivity index (χ3n) is 0. The maximum atomic E-state index is 7.50. The minimum atomic E-state index is 0. The number of hydrogen-bond acceptors (Lipinski definition) is 2. The minimum Gasteiger partial charge on any atom is -0.154 e. The van der Waals surface area contributed by atoms with E-state index in [1.165, 1.54) is 0 Å². The fourth-order valence-electron chi connectivity index (χ4n) is 0. The van der Waals surface area contributed by atoms with Gasteiger partial charge in [0.2, 0.25) is 0 Å². The average molecular weight is 476 g/mol. The summed E-state index contributed by atoms with van der Waals surface area (Å²) in [6, 6.07) is 0. The van der Waals surface area contributed by atoms with Crippen molar-refractivity contribution in [3.63, 3.8) is 0 Å². The van der Waals surface area contributed by atoms with E-state index in [-0.39, 0.29) is 132 Å².